The molecule has 0 aromatic heterocycles. The smallest absolute Gasteiger partial charge is 0.335 e. The van der Waals surface area contributed by atoms with Gasteiger partial charge in [0.2, 0.25) is 0 Å². The van der Waals surface area contributed by atoms with Crippen molar-refractivity contribution in [1.82, 2.24) is 9.62 Å². The fourth-order valence-corrected chi connectivity index (χ4v) is 6.06. The molecule has 34 heavy (non-hydrogen) atoms. The Morgan fingerprint density at radius 2 is 1.68 bits per heavy atom. The molecule has 0 bridgehead atoms. The van der Waals surface area contributed by atoms with E-state index in [1.54, 1.807) is 12.1 Å². The van der Waals surface area contributed by atoms with Crippen LogP contribution in [0.25, 0.3) is 0 Å². The van der Waals surface area contributed by atoms with Gasteiger partial charge in [-0.1, -0.05) is 57.4 Å². The molecule has 1 fully saturated rings. The van der Waals surface area contributed by atoms with Gasteiger partial charge in [0.25, 0.3) is 5.91 Å². The molecule has 0 radical (unpaired) electrons. The monoisotopic (exact) mass is 487 g/mol. The molecule has 1 saturated heterocycles. The molecule has 0 atom stereocenters. The Bertz CT molecular complexity index is 868. The molecule has 3 rings (SSSR count). The molecule has 2 aliphatic heterocycles. The zero-order valence-corrected chi connectivity index (χ0v) is 21.9. The van der Waals surface area contributed by atoms with Gasteiger partial charge in [-0.2, -0.15) is 0 Å². The number of unbranched alkanes of at least 4 members (excludes halogenated alkanes) is 6. The van der Waals surface area contributed by atoms with Gasteiger partial charge in [-0.15, -0.1) is 0 Å². The predicted molar refractivity (Wildman–Crippen MR) is 141 cm³/mol. The summed E-state index contributed by atoms with van der Waals surface area (Å²) < 4.78 is 2.36. The summed E-state index contributed by atoms with van der Waals surface area (Å²) in [7, 11) is 0. The maximum atomic E-state index is 12.7. The van der Waals surface area contributed by atoms with Crippen LogP contribution in [0.5, 0.6) is 0 Å². The maximum absolute atomic E-state index is 12.7. The van der Waals surface area contributed by atoms with Crippen molar-refractivity contribution in [3.05, 3.63) is 34.4 Å². The minimum Gasteiger partial charge on any atom is -0.478 e. The molecule has 2 aliphatic rings. The summed E-state index contributed by atoms with van der Waals surface area (Å²) in [5.74, 6) is 1.06. The molecule has 7 heteroatoms. The fourth-order valence-electron chi connectivity index (χ4n) is 5.06. The van der Waals surface area contributed by atoms with E-state index in [9.17, 15) is 14.7 Å². The number of aryl methyl sites for hydroxylation is 2. The molecule has 0 unspecified atom stereocenters. The first kappa shape index (κ1) is 26.7. The van der Waals surface area contributed by atoms with E-state index in [0.29, 0.717) is 5.56 Å². The zero-order valence-electron chi connectivity index (χ0n) is 21.1. The summed E-state index contributed by atoms with van der Waals surface area (Å²) in [6.07, 6.45) is 12.2. The van der Waals surface area contributed by atoms with E-state index in [1.807, 2.05) is 25.8 Å². The topological polar surface area (TPSA) is 82.0 Å². The minimum absolute atomic E-state index is 0.0971. The summed E-state index contributed by atoms with van der Waals surface area (Å²) in [6, 6.07) is 3.53. The number of aromatic carboxylic acids is 1. The third-order valence-electron chi connectivity index (χ3n) is 7.17. The Morgan fingerprint density at radius 3 is 2.29 bits per heavy atom. The Kier molecular flexibility index (Phi) is 10.0. The van der Waals surface area contributed by atoms with Crippen molar-refractivity contribution >= 4 is 29.7 Å². The first-order valence-corrected chi connectivity index (χ1v) is 13.9. The SMILES string of the molecule is CCCCCCCCCC1=NC2(CCN(SCCc3c(C)cc(C(=O)O)cc3C)CC2)C(=O)N1. The van der Waals surface area contributed by atoms with Gasteiger partial charge in [0.15, 0.2) is 0 Å². The van der Waals surface area contributed by atoms with Crippen LogP contribution in [0, 0.1) is 13.8 Å². The lowest BCUT2D eigenvalue weighted by Gasteiger charge is -2.34. The second kappa shape index (κ2) is 12.7. The van der Waals surface area contributed by atoms with Crippen LogP contribution >= 0.6 is 11.9 Å². The molecule has 1 amide bonds. The molecule has 6 nitrogen and oxygen atoms in total. The van der Waals surface area contributed by atoms with Crippen LogP contribution in [0.2, 0.25) is 0 Å². The Hall–Kier alpha value is -1.86. The number of carbonyl (C=O) groups excluding carboxylic acids is 1. The lowest BCUT2D eigenvalue weighted by Crippen LogP contribution is -2.47. The van der Waals surface area contributed by atoms with Crippen LogP contribution in [0.15, 0.2) is 17.1 Å². The fraction of sp³-hybridized carbons (Fsp3) is 0.667. The number of hydrogen-bond donors (Lipinski definition) is 2. The number of carboxylic acids is 1. The normalized spacial score (nSPS) is 17.7. The number of hydrogen-bond acceptors (Lipinski definition) is 5. The minimum atomic E-state index is -0.876. The highest BCUT2D eigenvalue weighted by Gasteiger charge is 2.45. The molecule has 2 heterocycles. The van der Waals surface area contributed by atoms with E-state index in [-0.39, 0.29) is 5.91 Å². The number of carboxylic acid groups (broad SMARTS) is 1. The van der Waals surface area contributed by atoms with E-state index >= 15 is 0 Å². The molecule has 0 aliphatic carbocycles. The van der Waals surface area contributed by atoms with E-state index in [2.05, 4.69) is 16.5 Å². The summed E-state index contributed by atoms with van der Waals surface area (Å²) in [5.41, 5.74) is 3.13. The Balaban J connectivity index is 1.40. The number of benzene rings is 1. The van der Waals surface area contributed by atoms with Gasteiger partial charge >= 0.3 is 5.97 Å². The van der Waals surface area contributed by atoms with E-state index in [4.69, 9.17) is 4.99 Å². The molecule has 1 spiro atoms. The summed E-state index contributed by atoms with van der Waals surface area (Å²) >= 11 is 1.83. The van der Waals surface area contributed by atoms with Gasteiger partial charge < -0.3 is 10.4 Å². The number of amidine groups is 1. The van der Waals surface area contributed by atoms with Gasteiger partial charge in [0.05, 0.1) is 5.56 Å². The van der Waals surface area contributed by atoms with Crippen LogP contribution in [-0.4, -0.2) is 51.5 Å². The first-order chi connectivity index (χ1) is 16.3. The highest BCUT2D eigenvalue weighted by molar-refractivity contribution is 7.97. The number of amides is 1. The van der Waals surface area contributed by atoms with Crippen LogP contribution in [0.3, 0.4) is 0 Å². The number of nitrogens with zero attached hydrogens (tertiary/aromatic N) is 2. The standard InChI is InChI=1S/C27H41N3O3S/c1-4-5-6-7-8-9-10-11-24-28-26(33)27(29-24)13-15-30(16-14-27)34-17-12-23-20(2)18-22(25(31)32)19-21(23)3/h18-19H,4-17H2,1-3H3,(H,31,32)(H,28,29,33). The van der Waals surface area contributed by atoms with Gasteiger partial charge in [0, 0.05) is 25.3 Å². The van der Waals surface area contributed by atoms with Crippen LogP contribution in [0.4, 0.5) is 0 Å². The van der Waals surface area contributed by atoms with Gasteiger partial charge in [0.1, 0.15) is 11.4 Å². The Labute approximate surface area is 209 Å². The molecule has 1 aromatic carbocycles. The number of aliphatic imine (C=N–C) groups is 1. The van der Waals surface area contributed by atoms with Crippen molar-refractivity contribution in [2.45, 2.75) is 96.9 Å². The lowest BCUT2D eigenvalue weighted by molar-refractivity contribution is -0.124. The maximum Gasteiger partial charge on any atom is 0.335 e. The molecule has 2 N–H and O–H groups in total. The second-order valence-electron chi connectivity index (χ2n) is 9.82. The first-order valence-electron chi connectivity index (χ1n) is 13.0. The Morgan fingerprint density at radius 1 is 1.06 bits per heavy atom. The van der Waals surface area contributed by atoms with Crippen molar-refractivity contribution < 1.29 is 14.7 Å². The predicted octanol–water partition coefficient (Wildman–Crippen LogP) is 5.70. The van der Waals surface area contributed by atoms with Gasteiger partial charge in [-0.3, -0.25) is 14.1 Å². The highest BCUT2D eigenvalue weighted by Crippen LogP contribution is 2.33. The van der Waals surface area contributed by atoms with Crippen molar-refractivity contribution in [3.8, 4) is 0 Å². The zero-order chi connectivity index (χ0) is 24.6. The van der Waals surface area contributed by atoms with Gasteiger partial charge in [-0.05, 0) is 68.4 Å². The van der Waals surface area contributed by atoms with Crippen LogP contribution in [-0.2, 0) is 11.2 Å². The molecular weight excluding hydrogens is 446 g/mol. The number of rotatable bonds is 13. The summed E-state index contributed by atoms with van der Waals surface area (Å²) in [5, 5.41) is 12.3. The quantitative estimate of drug-likeness (QED) is 0.276. The van der Waals surface area contributed by atoms with Crippen molar-refractivity contribution in [1.29, 1.82) is 0 Å². The van der Waals surface area contributed by atoms with Crippen molar-refractivity contribution in [3.63, 3.8) is 0 Å². The van der Waals surface area contributed by atoms with E-state index in [1.165, 1.54) is 44.1 Å². The second-order valence-corrected chi connectivity index (χ2v) is 11.0. The van der Waals surface area contributed by atoms with Crippen LogP contribution < -0.4 is 5.32 Å². The number of carbonyl (C=O) groups is 2. The molecule has 0 saturated carbocycles. The number of nitrogens with one attached hydrogen (secondary N) is 1. The summed E-state index contributed by atoms with van der Waals surface area (Å²) in [6.45, 7) is 7.95. The third kappa shape index (κ3) is 7.08. The van der Waals surface area contributed by atoms with Gasteiger partial charge in [-0.25, -0.2) is 4.79 Å². The largest absolute Gasteiger partial charge is 0.478 e. The van der Waals surface area contributed by atoms with E-state index in [0.717, 1.165) is 67.9 Å². The summed E-state index contributed by atoms with van der Waals surface area (Å²) in [4.78, 5) is 28.9. The average Bonchev–Trinajstić information content (AvgIpc) is 3.10. The van der Waals surface area contributed by atoms with E-state index < -0.39 is 11.5 Å². The third-order valence-corrected chi connectivity index (χ3v) is 8.28. The molecular formula is C27H41N3O3S. The lowest BCUT2D eigenvalue weighted by atomic mass is 9.89. The van der Waals surface area contributed by atoms with Crippen molar-refractivity contribution in [2.24, 2.45) is 4.99 Å². The number of piperidine rings is 1. The molecule has 1 aromatic rings. The van der Waals surface area contributed by atoms with Crippen molar-refractivity contribution in [2.75, 3.05) is 18.8 Å². The van der Waals surface area contributed by atoms with Crippen LogP contribution in [0.1, 0.15) is 98.2 Å². The molecule has 188 valence electrons. The highest BCUT2D eigenvalue weighted by atomic mass is 32.2. The average molecular weight is 488 g/mol.